The summed E-state index contributed by atoms with van der Waals surface area (Å²) in [4.78, 5) is 7.78. The van der Waals surface area contributed by atoms with Gasteiger partial charge in [-0.25, -0.2) is 0 Å². The summed E-state index contributed by atoms with van der Waals surface area (Å²) in [5.41, 5.74) is 11.0. The van der Waals surface area contributed by atoms with Gasteiger partial charge in [-0.05, 0) is 18.4 Å². The Hall–Kier alpha value is -1.17. The van der Waals surface area contributed by atoms with Crippen LogP contribution in [0.15, 0.2) is 6.07 Å². The summed E-state index contributed by atoms with van der Waals surface area (Å²) in [6.07, 6.45) is 3.17. The number of nitrogens with zero attached hydrogens (tertiary/aromatic N) is 2. The number of nitrogens with two attached hydrogens (primary N) is 2. The van der Waals surface area contributed by atoms with Gasteiger partial charge in [-0.2, -0.15) is 21.7 Å². The predicted molar refractivity (Wildman–Crippen MR) is 62.3 cm³/mol. The Kier molecular flexibility index (Phi) is 4.31. The van der Waals surface area contributed by atoms with Crippen molar-refractivity contribution in [3.63, 3.8) is 0 Å². The molecular weight excluding hydrogens is 198 g/mol. The minimum absolute atomic E-state index is 0.206. The largest absolute Gasteiger partial charge is 0.383 e. The molecule has 0 saturated carbocycles. The van der Waals surface area contributed by atoms with Crippen LogP contribution < -0.4 is 16.8 Å². The highest BCUT2D eigenvalue weighted by Crippen LogP contribution is 2.09. The number of anilines is 3. The molecule has 6 heteroatoms. The first-order chi connectivity index (χ1) is 6.72. The van der Waals surface area contributed by atoms with E-state index in [4.69, 9.17) is 11.5 Å². The van der Waals surface area contributed by atoms with Gasteiger partial charge in [-0.15, -0.1) is 0 Å². The highest BCUT2D eigenvalue weighted by molar-refractivity contribution is 7.98. The fraction of sp³-hybridized carbons (Fsp3) is 0.500. The maximum absolute atomic E-state index is 5.51. The monoisotopic (exact) mass is 213 g/mol. The van der Waals surface area contributed by atoms with Gasteiger partial charge in [0.2, 0.25) is 5.95 Å². The molecule has 14 heavy (non-hydrogen) atoms. The zero-order chi connectivity index (χ0) is 10.4. The lowest BCUT2D eigenvalue weighted by Crippen LogP contribution is -2.07. The lowest BCUT2D eigenvalue weighted by molar-refractivity contribution is 0.979. The van der Waals surface area contributed by atoms with Crippen LogP contribution in [0.1, 0.15) is 6.42 Å². The second-order valence-corrected chi connectivity index (χ2v) is 3.79. The lowest BCUT2D eigenvalue weighted by atomic mass is 10.4. The number of rotatable bonds is 5. The third-order valence-electron chi connectivity index (χ3n) is 1.59. The number of nitrogen functional groups attached to an aromatic ring is 2. The molecule has 0 fully saturated rings. The average Bonchev–Trinajstić information content (AvgIpc) is 2.11. The lowest BCUT2D eigenvalue weighted by Gasteiger charge is -2.05. The van der Waals surface area contributed by atoms with Crippen molar-refractivity contribution in [1.29, 1.82) is 0 Å². The Balaban J connectivity index is 2.42. The SMILES string of the molecule is CSCCCNc1cc(N)nc(N)n1. The van der Waals surface area contributed by atoms with E-state index >= 15 is 0 Å². The van der Waals surface area contributed by atoms with E-state index in [1.165, 1.54) is 0 Å². The predicted octanol–water partition coefficient (Wildman–Crippen LogP) is 0.806. The van der Waals surface area contributed by atoms with Gasteiger partial charge < -0.3 is 16.8 Å². The Morgan fingerprint density at radius 1 is 1.43 bits per heavy atom. The summed E-state index contributed by atoms with van der Waals surface area (Å²) in [6, 6.07) is 1.68. The zero-order valence-electron chi connectivity index (χ0n) is 8.16. The van der Waals surface area contributed by atoms with Crippen molar-refractivity contribution in [2.45, 2.75) is 6.42 Å². The van der Waals surface area contributed by atoms with Crippen LogP contribution in [0.5, 0.6) is 0 Å². The van der Waals surface area contributed by atoms with Crippen LogP contribution in [-0.2, 0) is 0 Å². The molecule has 0 aliphatic carbocycles. The van der Waals surface area contributed by atoms with Crippen molar-refractivity contribution in [1.82, 2.24) is 9.97 Å². The molecule has 0 radical (unpaired) electrons. The Bertz CT molecular complexity index is 271. The van der Waals surface area contributed by atoms with Gasteiger partial charge in [0, 0.05) is 12.6 Å². The van der Waals surface area contributed by atoms with Crippen LogP contribution in [0.3, 0.4) is 0 Å². The second-order valence-electron chi connectivity index (χ2n) is 2.81. The minimum atomic E-state index is 0.206. The first-order valence-corrected chi connectivity index (χ1v) is 5.74. The zero-order valence-corrected chi connectivity index (χ0v) is 8.97. The molecule has 0 unspecified atom stereocenters. The van der Waals surface area contributed by atoms with Gasteiger partial charge in [-0.3, -0.25) is 0 Å². The van der Waals surface area contributed by atoms with Crippen LogP contribution >= 0.6 is 11.8 Å². The quantitative estimate of drug-likeness (QED) is 0.627. The van der Waals surface area contributed by atoms with E-state index in [-0.39, 0.29) is 5.95 Å². The van der Waals surface area contributed by atoms with Gasteiger partial charge in [0.1, 0.15) is 11.6 Å². The first-order valence-electron chi connectivity index (χ1n) is 4.35. The topological polar surface area (TPSA) is 89.8 Å². The highest BCUT2D eigenvalue weighted by Gasteiger charge is 1.98. The molecular formula is C8H15N5S. The standard InChI is InChI=1S/C8H15N5S/c1-14-4-2-3-11-7-5-6(9)12-8(10)13-7/h5H,2-4H2,1H3,(H5,9,10,11,12,13). The van der Waals surface area contributed by atoms with Gasteiger partial charge in [0.05, 0.1) is 0 Å². The van der Waals surface area contributed by atoms with E-state index in [9.17, 15) is 0 Å². The molecule has 1 aromatic rings. The van der Waals surface area contributed by atoms with Crippen LogP contribution in [0.4, 0.5) is 17.6 Å². The molecule has 0 aliphatic rings. The van der Waals surface area contributed by atoms with Gasteiger partial charge in [0.25, 0.3) is 0 Å². The summed E-state index contributed by atoms with van der Waals surface area (Å²) in [6.45, 7) is 0.872. The molecule has 5 N–H and O–H groups in total. The Labute approximate surface area is 87.7 Å². The van der Waals surface area contributed by atoms with Gasteiger partial charge in [-0.1, -0.05) is 0 Å². The fourth-order valence-electron chi connectivity index (χ4n) is 1.01. The van der Waals surface area contributed by atoms with E-state index in [1.54, 1.807) is 6.07 Å². The Morgan fingerprint density at radius 3 is 2.86 bits per heavy atom. The molecule has 78 valence electrons. The van der Waals surface area contributed by atoms with E-state index < -0.39 is 0 Å². The summed E-state index contributed by atoms with van der Waals surface area (Å²) in [7, 11) is 0. The van der Waals surface area contributed by atoms with Crippen molar-refractivity contribution in [2.75, 3.05) is 35.3 Å². The number of nitrogens with one attached hydrogen (secondary N) is 1. The normalized spacial score (nSPS) is 10.1. The molecule has 0 saturated heterocycles. The molecule has 0 amide bonds. The maximum atomic E-state index is 5.51. The number of aromatic nitrogens is 2. The molecule has 0 spiro atoms. The third kappa shape index (κ3) is 3.69. The summed E-state index contributed by atoms with van der Waals surface area (Å²) >= 11 is 1.82. The average molecular weight is 213 g/mol. The summed E-state index contributed by atoms with van der Waals surface area (Å²) < 4.78 is 0. The van der Waals surface area contributed by atoms with Crippen molar-refractivity contribution < 1.29 is 0 Å². The molecule has 0 aromatic carbocycles. The number of hydrogen-bond acceptors (Lipinski definition) is 6. The molecule has 0 atom stereocenters. The number of hydrogen-bond donors (Lipinski definition) is 3. The van der Waals surface area contributed by atoms with Crippen molar-refractivity contribution in [3.05, 3.63) is 6.07 Å². The minimum Gasteiger partial charge on any atom is -0.383 e. The van der Waals surface area contributed by atoms with Crippen molar-refractivity contribution >= 4 is 29.3 Å². The molecule has 0 bridgehead atoms. The summed E-state index contributed by atoms with van der Waals surface area (Å²) in [5.74, 6) is 2.42. The van der Waals surface area contributed by atoms with Gasteiger partial charge in [0.15, 0.2) is 0 Å². The first kappa shape index (κ1) is 10.9. The number of thioether (sulfide) groups is 1. The molecule has 1 aromatic heterocycles. The molecule has 0 aliphatic heterocycles. The summed E-state index contributed by atoms with van der Waals surface area (Å²) in [5, 5.41) is 3.14. The maximum Gasteiger partial charge on any atom is 0.223 e. The van der Waals surface area contributed by atoms with Crippen molar-refractivity contribution in [3.8, 4) is 0 Å². The van der Waals surface area contributed by atoms with Crippen LogP contribution in [0, 0.1) is 0 Å². The Morgan fingerprint density at radius 2 is 2.21 bits per heavy atom. The van der Waals surface area contributed by atoms with Crippen LogP contribution in [-0.4, -0.2) is 28.5 Å². The van der Waals surface area contributed by atoms with Crippen molar-refractivity contribution in [2.24, 2.45) is 0 Å². The second kappa shape index (κ2) is 5.54. The third-order valence-corrected chi connectivity index (χ3v) is 2.29. The van der Waals surface area contributed by atoms with Crippen LogP contribution in [0.2, 0.25) is 0 Å². The van der Waals surface area contributed by atoms with Crippen LogP contribution in [0.25, 0.3) is 0 Å². The highest BCUT2D eigenvalue weighted by atomic mass is 32.2. The molecule has 1 rings (SSSR count). The van der Waals surface area contributed by atoms with E-state index in [2.05, 4.69) is 21.5 Å². The van der Waals surface area contributed by atoms with E-state index in [1.807, 2.05) is 11.8 Å². The molecule has 5 nitrogen and oxygen atoms in total. The smallest absolute Gasteiger partial charge is 0.223 e. The van der Waals surface area contributed by atoms with E-state index in [0.717, 1.165) is 18.7 Å². The van der Waals surface area contributed by atoms with E-state index in [0.29, 0.717) is 11.6 Å². The fourth-order valence-corrected chi connectivity index (χ4v) is 1.44. The molecule has 1 heterocycles. The van der Waals surface area contributed by atoms with Gasteiger partial charge >= 0.3 is 0 Å².